The minimum atomic E-state index is 0.602. The van der Waals surface area contributed by atoms with Crippen LogP contribution in [0, 0.1) is 0 Å². The van der Waals surface area contributed by atoms with Gasteiger partial charge in [0.25, 0.3) is 0 Å². The Kier molecular flexibility index (Phi) is 6.55. The van der Waals surface area contributed by atoms with Crippen molar-refractivity contribution in [1.29, 1.82) is 0 Å². The first-order valence-corrected chi connectivity index (χ1v) is 8.24. The maximum atomic E-state index is 5.66. The molecule has 112 valence electrons. The van der Waals surface area contributed by atoms with E-state index in [2.05, 4.69) is 43.4 Å². The van der Waals surface area contributed by atoms with E-state index in [1.54, 1.807) is 11.1 Å². The SMILES string of the molecule is CCCNC(CCOCCC)CC1Cc2ccccc21. The molecule has 1 aromatic carbocycles. The van der Waals surface area contributed by atoms with Gasteiger partial charge in [0.1, 0.15) is 0 Å². The van der Waals surface area contributed by atoms with Gasteiger partial charge < -0.3 is 10.1 Å². The third-order valence-corrected chi connectivity index (χ3v) is 4.17. The largest absolute Gasteiger partial charge is 0.381 e. The van der Waals surface area contributed by atoms with Crippen molar-refractivity contribution in [2.45, 2.75) is 57.9 Å². The first-order valence-electron chi connectivity index (χ1n) is 8.24. The summed E-state index contributed by atoms with van der Waals surface area (Å²) in [5.74, 6) is 0.756. The van der Waals surface area contributed by atoms with Gasteiger partial charge in [-0.05, 0) is 55.7 Å². The molecule has 1 aliphatic carbocycles. The van der Waals surface area contributed by atoms with Crippen molar-refractivity contribution in [3.63, 3.8) is 0 Å². The number of hydrogen-bond acceptors (Lipinski definition) is 2. The van der Waals surface area contributed by atoms with Gasteiger partial charge in [0, 0.05) is 19.3 Å². The van der Waals surface area contributed by atoms with Crippen molar-refractivity contribution in [3.05, 3.63) is 35.4 Å². The fourth-order valence-electron chi connectivity index (χ4n) is 3.04. The van der Waals surface area contributed by atoms with Crippen molar-refractivity contribution < 1.29 is 4.74 Å². The topological polar surface area (TPSA) is 21.3 Å². The summed E-state index contributed by atoms with van der Waals surface area (Å²) in [6.07, 6.45) is 5.97. The number of nitrogens with one attached hydrogen (secondary N) is 1. The van der Waals surface area contributed by atoms with Crippen LogP contribution in [0.15, 0.2) is 24.3 Å². The zero-order valence-corrected chi connectivity index (χ0v) is 13.0. The summed E-state index contributed by atoms with van der Waals surface area (Å²) in [6.45, 7) is 7.30. The first kappa shape index (κ1) is 15.5. The van der Waals surface area contributed by atoms with Gasteiger partial charge in [-0.2, -0.15) is 0 Å². The zero-order chi connectivity index (χ0) is 14.2. The maximum absolute atomic E-state index is 5.66. The van der Waals surface area contributed by atoms with Crippen LogP contribution < -0.4 is 5.32 Å². The van der Waals surface area contributed by atoms with Gasteiger partial charge in [0.15, 0.2) is 0 Å². The molecule has 1 N–H and O–H groups in total. The number of benzene rings is 1. The van der Waals surface area contributed by atoms with E-state index in [9.17, 15) is 0 Å². The molecule has 0 aromatic heterocycles. The minimum Gasteiger partial charge on any atom is -0.381 e. The normalized spacial score (nSPS) is 18.4. The van der Waals surface area contributed by atoms with Crippen LogP contribution in [0.2, 0.25) is 0 Å². The van der Waals surface area contributed by atoms with E-state index in [4.69, 9.17) is 4.74 Å². The monoisotopic (exact) mass is 275 g/mol. The second-order valence-electron chi connectivity index (χ2n) is 5.89. The molecule has 0 spiro atoms. The molecule has 1 aliphatic rings. The Labute approximate surface area is 123 Å². The fraction of sp³-hybridized carbons (Fsp3) is 0.667. The van der Waals surface area contributed by atoms with Crippen LogP contribution in [0.4, 0.5) is 0 Å². The lowest BCUT2D eigenvalue weighted by molar-refractivity contribution is 0.122. The highest BCUT2D eigenvalue weighted by atomic mass is 16.5. The first-order chi connectivity index (χ1) is 9.85. The molecule has 0 radical (unpaired) electrons. The summed E-state index contributed by atoms with van der Waals surface area (Å²) >= 11 is 0. The van der Waals surface area contributed by atoms with Gasteiger partial charge in [-0.3, -0.25) is 0 Å². The van der Waals surface area contributed by atoms with Crippen molar-refractivity contribution >= 4 is 0 Å². The minimum absolute atomic E-state index is 0.602. The number of ether oxygens (including phenoxy) is 1. The molecule has 0 amide bonds. The van der Waals surface area contributed by atoms with Crippen LogP contribution in [0.5, 0.6) is 0 Å². The Morgan fingerprint density at radius 2 is 2.05 bits per heavy atom. The van der Waals surface area contributed by atoms with E-state index >= 15 is 0 Å². The van der Waals surface area contributed by atoms with Gasteiger partial charge in [0.2, 0.25) is 0 Å². The molecular weight excluding hydrogens is 246 g/mol. The molecular formula is C18H29NO. The van der Waals surface area contributed by atoms with E-state index in [1.807, 2.05) is 0 Å². The van der Waals surface area contributed by atoms with Crippen molar-refractivity contribution in [3.8, 4) is 0 Å². The van der Waals surface area contributed by atoms with Crippen LogP contribution >= 0.6 is 0 Å². The lowest BCUT2D eigenvalue weighted by atomic mass is 9.74. The van der Waals surface area contributed by atoms with Crippen LogP contribution in [-0.4, -0.2) is 25.8 Å². The molecule has 0 saturated carbocycles. The highest BCUT2D eigenvalue weighted by Crippen LogP contribution is 2.38. The van der Waals surface area contributed by atoms with E-state index in [0.717, 1.165) is 38.5 Å². The molecule has 2 heteroatoms. The molecule has 0 heterocycles. The molecule has 2 nitrogen and oxygen atoms in total. The third kappa shape index (κ3) is 4.32. The van der Waals surface area contributed by atoms with Gasteiger partial charge in [-0.1, -0.05) is 38.1 Å². The van der Waals surface area contributed by atoms with Crippen LogP contribution in [0.3, 0.4) is 0 Å². The van der Waals surface area contributed by atoms with E-state index in [-0.39, 0.29) is 0 Å². The summed E-state index contributed by atoms with van der Waals surface area (Å²) in [6, 6.07) is 9.49. The Morgan fingerprint density at radius 3 is 2.80 bits per heavy atom. The Balaban J connectivity index is 1.79. The predicted octanol–water partition coefficient (Wildman–Crippen LogP) is 3.90. The van der Waals surface area contributed by atoms with Crippen LogP contribution in [0.25, 0.3) is 0 Å². The highest BCUT2D eigenvalue weighted by Gasteiger charge is 2.27. The average Bonchev–Trinajstić information content (AvgIpc) is 2.45. The lowest BCUT2D eigenvalue weighted by Gasteiger charge is -2.33. The molecule has 2 rings (SSSR count). The summed E-state index contributed by atoms with van der Waals surface area (Å²) in [5.41, 5.74) is 3.12. The van der Waals surface area contributed by atoms with Gasteiger partial charge >= 0.3 is 0 Å². The smallest absolute Gasteiger partial charge is 0.0480 e. The van der Waals surface area contributed by atoms with Crippen LogP contribution in [-0.2, 0) is 11.2 Å². The lowest BCUT2D eigenvalue weighted by Crippen LogP contribution is -2.34. The molecule has 2 unspecified atom stereocenters. The summed E-state index contributed by atoms with van der Waals surface area (Å²) in [4.78, 5) is 0. The van der Waals surface area contributed by atoms with Crippen molar-refractivity contribution in [1.82, 2.24) is 5.32 Å². The summed E-state index contributed by atoms with van der Waals surface area (Å²) in [7, 11) is 0. The van der Waals surface area contributed by atoms with Crippen molar-refractivity contribution in [2.24, 2.45) is 0 Å². The number of hydrogen-bond donors (Lipinski definition) is 1. The summed E-state index contributed by atoms with van der Waals surface area (Å²) < 4.78 is 5.66. The van der Waals surface area contributed by atoms with Gasteiger partial charge in [-0.15, -0.1) is 0 Å². The number of fused-ring (bicyclic) bond motifs is 1. The predicted molar refractivity (Wildman–Crippen MR) is 85.3 cm³/mol. The Hall–Kier alpha value is -0.860. The molecule has 1 aromatic rings. The number of rotatable bonds is 10. The standard InChI is InChI=1S/C18H29NO/c1-3-10-19-17(9-12-20-11-4-2)14-16-13-15-7-5-6-8-18(15)16/h5-8,16-17,19H,3-4,9-14H2,1-2H3. The molecule has 0 fully saturated rings. The van der Waals surface area contributed by atoms with E-state index in [0.29, 0.717) is 6.04 Å². The molecule has 20 heavy (non-hydrogen) atoms. The average molecular weight is 275 g/mol. The second-order valence-corrected chi connectivity index (χ2v) is 5.89. The van der Waals surface area contributed by atoms with Gasteiger partial charge in [0.05, 0.1) is 0 Å². The molecule has 0 aliphatic heterocycles. The van der Waals surface area contributed by atoms with E-state index < -0.39 is 0 Å². The zero-order valence-electron chi connectivity index (χ0n) is 13.0. The molecule has 0 bridgehead atoms. The third-order valence-electron chi connectivity index (χ3n) is 4.17. The van der Waals surface area contributed by atoms with Crippen LogP contribution in [0.1, 0.15) is 56.6 Å². The van der Waals surface area contributed by atoms with E-state index in [1.165, 1.54) is 19.3 Å². The highest BCUT2D eigenvalue weighted by molar-refractivity contribution is 5.39. The van der Waals surface area contributed by atoms with Crippen molar-refractivity contribution in [2.75, 3.05) is 19.8 Å². The Morgan fingerprint density at radius 1 is 1.20 bits per heavy atom. The summed E-state index contributed by atoms with van der Waals surface area (Å²) in [5, 5.41) is 3.70. The molecule has 2 atom stereocenters. The Bertz CT molecular complexity index is 391. The van der Waals surface area contributed by atoms with Gasteiger partial charge in [-0.25, -0.2) is 0 Å². The molecule has 0 saturated heterocycles. The second kappa shape index (κ2) is 8.43. The maximum Gasteiger partial charge on any atom is 0.0480 e. The quantitative estimate of drug-likeness (QED) is 0.654. The fourth-order valence-corrected chi connectivity index (χ4v) is 3.04.